The summed E-state index contributed by atoms with van der Waals surface area (Å²) in [7, 11) is 0. The molecule has 1 aromatic rings. The largest absolute Gasteiger partial charge is 0.356 e. The fourth-order valence-electron chi connectivity index (χ4n) is 1.33. The topological polar surface area (TPSA) is 12.0 Å². The Labute approximate surface area is 116 Å². The Morgan fingerprint density at radius 2 is 1.79 bits per heavy atom. The molecule has 1 N–H and O–H groups in total. The van der Waals surface area contributed by atoms with Gasteiger partial charge in [-0.3, -0.25) is 0 Å². The van der Waals surface area contributed by atoms with Gasteiger partial charge in [0.2, 0.25) is 0 Å². The molecule has 0 fully saturated rings. The maximum Gasteiger partial charge on any atom is 0.128 e. The first-order valence-electron chi connectivity index (χ1n) is 5.50. The first-order valence-corrected chi connectivity index (χ1v) is 5.88. The van der Waals surface area contributed by atoms with Crippen molar-refractivity contribution in [3.05, 3.63) is 77.5 Å². The third-order valence-corrected chi connectivity index (χ3v) is 2.39. The summed E-state index contributed by atoms with van der Waals surface area (Å²) in [5.74, 6) is -1.32. The summed E-state index contributed by atoms with van der Waals surface area (Å²) in [6.07, 6.45) is 4.92. The van der Waals surface area contributed by atoms with Crippen LogP contribution in [0.4, 0.5) is 14.5 Å². The first-order chi connectivity index (χ1) is 8.90. The molecule has 0 atom stereocenters. The van der Waals surface area contributed by atoms with Crippen LogP contribution in [0.25, 0.3) is 0 Å². The van der Waals surface area contributed by atoms with Crippen molar-refractivity contribution >= 4 is 17.3 Å². The van der Waals surface area contributed by atoms with Gasteiger partial charge < -0.3 is 5.32 Å². The van der Waals surface area contributed by atoms with Crippen LogP contribution >= 0.6 is 11.6 Å². The van der Waals surface area contributed by atoms with E-state index >= 15 is 0 Å². The third-order valence-electron chi connectivity index (χ3n) is 2.17. The minimum atomic E-state index is -0.659. The fraction of sp³-hybridized carbons (Fsp3) is 0.0667. The Hall–Kier alpha value is -1.87. The van der Waals surface area contributed by atoms with Crippen molar-refractivity contribution < 1.29 is 8.78 Å². The molecular weight excluding hydrogens is 268 g/mol. The van der Waals surface area contributed by atoms with Gasteiger partial charge in [0.05, 0.1) is 0 Å². The molecule has 0 aliphatic heterocycles. The summed E-state index contributed by atoms with van der Waals surface area (Å²) in [5.41, 5.74) is 1.58. The summed E-state index contributed by atoms with van der Waals surface area (Å²) in [5, 5.41) is 3.19. The third kappa shape index (κ3) is 5.53. The van der Waals surface area contributed by atoms with E-state index in [4.69, 9.17) is 11.6 Å². The molecule has 0 aliphatic rings. The van der Waals surface area contributed by atoms with Gasteiger partial charge in [-0.15, -0.1) is 0 Å². The van der Waals surface area contributed by atoms with Gasteiger partial charge in [0.1, 0.15) is 11.6 Å². The van der Waals surface area contributed by atoms with Crippen LogP contribution in [0.2, 0.25) is 0 Å². The van der Waals surface area contributed by atoms with Crippen LogP contribution < -0.4 is 5.32 Å². The van der Waals surface area contributed by atoms with Crippen molar-refractivity contribution in [1.29, 1.82) is 0 Å². The van der Waals surface area contributed by atoms with Crippen molar-refractivity contribution in [1.82, 2.24) is 0 Å². The highest BCUT2D eigenvalue weighted by Crippen LogP contribution is 2.17. The Kier molecular flexibility index (Phi) is 5.52. The molecule has 100 valence electrons. The Morgan fingerprint density at radius 3 is 2.32 bits per heavy atom. The van der Waals surface area contributed by atoms with Crippen LogP contribution in [-0.4, -0.2) is 0 Å². The Balaban J connectivity index is 2.80. The molecule has 19 heavy (non-hydrogen) atoms. The van der Waals surface area contributed by atoms with Crippen molar-refractivity contribution in [2.45, 2.75) is 6.92 Å². The fourth-order valence-corrected chi connectivity index (χ4v) is 1.64. The summed E-state index contributed by atoms with van der Waals surface area (Å²) in [6, 6.07) is 3.13. The number of hydrogen-bond donors (Lipinski definition) is 1. The molecule has 0 radical (unpaired) electrons. The monoisotopic (exact) mass is 281 g/mol. The van der Waals surface area contributed by atoms with Gasteiger partial charge >= 0.3 is 0 Å². The van der Waals surface area contributed by atoms with E-state index < -0.39 is 11.6 Å². The molecule has 0 saturated heterocycles. The highest BCUT2D eigenvalue weighted by Gasteiger charge is 2.01. The molecule has 0 saturated carbocycles. The highest BCUT2D eigenvalue weighted by atomic mass is 35.5. The number of rotatable bonds is 5. The van der Waals surface area contributed by atoms with Gasteiger partial charge in [-0.1, -0.05) is 36.4 Å². The van der Waals surface area contributed by atoms with E-state index in [1.54, 1.807) is 18.2 Å². The molecule has 0 amide bonds. The van der Waals surface area contributed by atoms with Crippen LogP contribution in [0, 0.1) is 11.6 Å². The number of benzene rings is 1. The minimum absolute atomic E-state index is 0.271. The number of anilines is 1. The van der Waals surface area contributed by atoms with Crippen LogP contribution in [0.1, 0.15) is 6.92 Å². The predicted octanol–water partition coefficient (Wildman–Crippen LogP) is 5.15. The predicted molar refractivity (Wildman–Crippen MR) is 77.0 cm³/mol. The number of hydrogen-bond acceptors (Lipinski definition) is 1. The van der Waals surface area contributed by atoms with Crippen LogP contribution in [0.3, 0.4) is 0 Å². The summed E-state index contributed by atoms with van der Waals surface area (Å²) >= 11 is 5.97. The van der Waals surface area contributed by atoms with E-state index in [9.17, 15) is 8.78 Å². The summed E-state index contributed by atoms with van der Waals surface area (Å²) < 4.78 is 26.0. The zero-order chi connectivity index (χ0) is 14.4. The van der Waals surface area contributed by atoms with E-state index in [1.807, 2.05) is 6.92 Å². The Bertz CT molecular complexity index is 539. The molecule has 1 aromatic carbocycles. The van der Waals surface area contributed by atoms with Gasteiger partial charge in [-0.05, 0) is 31.2 Å². The summed E-state index contributed by atoms with van der Waals surface area (Å²) in [4.78, 5) is 0. The SMILES string of the molecule is C=C/C(C)=C/C(Cl)=C\C(=C)Nc1cc(F)cc(F)c1. The van der Waals surface area contributed by atoms with Crippen LogP contribution in [0.5, 0.6) is 0 Å². The Morgan fingerprint density at radius 1 is 1.21 bits per heavy atom. The molecule has 0 unspecified atom stereocenters. The maximum absolute atomic E-state index is 13.0. The van der Waals surface area contributed by atoms with E-state index in [0.717, 1.165) is 11.6 Å². The normalized spacial score (nSPS) is 12.2. The lowest BCUT2D eigenvalue weighted by atomic mass is 10.2. The molecular formula is C15H14ClF2N. The molecule has 1 nitrogen and oxygen atoms in total. The molecule has 4 heteroatoms. The zero-order valence-corrected chi connectivity index (χ0v) is 11.3. The average molecular weight is 282 g/mol. The smallest absolute Gasteiger partial charge is 0.128 e. The standard InChI is InChI=1S/C15H14ClF2N/c1-4-10(2)5-12(16)6-11(3)19-15-8-13(17)7-14(18)9-15/h4-9,19H,1,3H2,2H3/b10-5+,12-6+. The maximum atomic E-state index is 13.0. The molecule has 0 heterocycles. The molecule has 0 aromatic heterocycles. The van der Waals surface area contributed by atoms with Crippen molar-refractivity contribution in [2.24, 2.45) is 0 Å². The van der Waals surface area contributed by atoms with Gasteiger partial charge in [-0.2, -0.15) is 0 Å². The number of nitrogens with one attached hydrogen (secondary N) is 1. The second-order valence-electron chi connectivity index (χ2n) is 3.93. The van der Waals surface area contributed by atoms with E-state index in [1.165, 1.54) is 12.1 Å². The van der Waals surface area contributed by atoms with E-state index in [0.29, 0.717) is 10.7 Å². The lowest BCUT2D eigenvalue weighted by molar-refractivity contribution is 0.584. The second-order valence-corrected chi connectivity index (χ2v) is 4.37. The molecule has 0 aliphatic carbocycles. The van der Waals surface area contributed by atoms with Gasteiger partial charge in [0, 0.05) is 22.5 Å². The number of allylic oxidation sites excluding steroid dienone is 5. The molecule has 0 bridgehead atoms. The van der Waals surface area contributed by atoms with Crippen molar-refractivity contribution in [2.75, 3.05) is 5.32 Å². The number of halogens is 3. The van der Waals surface area contributed by atoms with Crippen molar-refractivity contribution in [3.63, 3.8) is 0 Å². The lowest BCUT2D eigenvalue weighted by Crippen LogP contribution is -1.97. The first kappa shape index (κ1) is 15.2. The van der Waals surface area contributed by atoms with Gasteiger partial charge in [0.15, 0.2) is 0 Å². The quantitative estimate of drug-likeness (QED) is 0.736. The minimum Gasteiger partial charge on any atom is -0.356 e. The van der Waals surface area contributed by atoms with E-state index in [-0.39, 0.29) is 5.69 Å². The average Bonchev–Trinajstić information content (AvgIpc) is 2.26. The lowest BCUT2D eigenvalue weighted by Gasteiger charge is -2.06. The van der Waals surface area contributed by atoms with Gasteiger partial charge in [-0.25, -0.2) is 8.78 Å². The highest BCUT2D eigenvalue weighted by molar-refractivity contribution is 6.31. The van der Waals surface area contributed by atoms with Gasteiger partial charge in [0.25, 0.3) is 0 Å². The molecule has 0 spiro atoms. The van der Waals surface area contributed by atoms with Crippen molar-refractivity contribution in [3.8, 4) is 0 Å². The van der Waals surface area contributed by atoms with E-state index in [2.05, 4.69) is 18.5 Å². The zero-order valence-electron chi connectivity index (χ0n) is 10.5. The summed E-state index contributed by atoms with van der Waals surface area (Å²) in [6.45, 7) is 9.16. The molecule has 1 rings (SSSR count). The van der Waals surface area contributed by atoms with Crippen LogP contribution in [-0.2, 0) is 0 Å². The van der Waals surface area contributed by atoms with Crippen LogP contribution in [0.15, 0.2) is 65.9 Å². The second kappa shape index (κ2) is 6.90.